The van der Waals surface area contributed by atoms with Gasteiger partial charge in [-0.3, -0.25) is 4.79 Å². The lowest BCUT2D eigenvalue weighted by Crippen LogP contribution is -2.14. The SMILES string of the molecule is COc1cccc(NC(=O)c2cnc(Nc3c(Cl)cccc3Cl)cn2)c1. The van der Waals surface area contributed by atoms with Gasteiger partial charge in [0.05, 0.1) is 35.2 Å². The Balaban J connectivity index is 1.71. The van der Waals surface area contributed by atoms with Gasteiger partial charge in [-0.05, 0) is 24.3 Å². The van der Waals surface area contributed by atoms with Crippen LogP contribution in [0.4, 0.5) is 17.2 Å². The highest BCUT2D eigenvalue weighted by atomic mass is 35.5. The van der Waals surface area contributed by atoms with Gasteiger partial charge in [0.15, 0.2) is 0 Å². The standard InChI is InChI=1S/C18H14Cl2N4O2/c1-26-12-5-2-4-11(8-12)23-18(25)15-9-22-16(10-21-15)24-17-13(19)6-3-7-14(17)20/h2-10H,1H3,(H,22,24)(H,23,25). The second-order valence-corrected chi connectivity index (χ2v) is 6.01. The number of hydrogen-bond donors (Lipinski definition) is 2. The van der Waals surface area contributed by atoms with Crippen molar-refractivity contribution in [3.05, 3.63) is 70.6 Å². The summed E-state index contributed by atoms with van der Waals surface area (Å²) in [5.41, 5.74) is 1.29. The first-order valence-electron chi connectivity index (χ1n) is 7.55. The van der Waals surface area contributed by atoms with Gasteiger partial charge < -0.3 is 15.4 Å². The fourth-order valence-corrected chi connectivity index (χ4v) is 2.64. The summed E-state index contributed by atoms with van der Waals surface area (Å²) in [5, 5.41) is 6.64. The molecule has 1 amide bonds. The Morgan fingerprint density at radius 1 is 1.04 bits per heavy atom. The van der Waals surface area contributed by atoms with Crippen LogP contribution in [-0.2, 0) is 0 Å². The highest BCUT2D eigenvalue weighted by Crippen LogP contribution is 2.31. The molecule has 26 heavy (non-hydrogen) atoms. The van der Waals surface area contributed by atoms with E-state index in [4.69, 9.17) is 27.9 Å². The third-order valence-corrected chi connectivity index (χ3v) is 4.06. The average Bonchev–Trinajstić information content (AvgIpc) is 2.65. The number of halogens is 2. The maximum atomic E-state index is 12.3. The number of hydrogen-bond acceptors (Lipinski definition) is 5. The molecule has 0 aliphatic rings. The second kappa shape index (κ2) is 8.03. The number of ether oxygens (including phenoxy) is 1. The van der Waals surface area contributed by atoms with Crippen LogP contribution in [-0.4, -0.2) is 23.0 Å². The number of rotatable bonds is 5. The average molecular weight is 389 g/mol. The molecule has 0 radical (unpaired) electrons. The lowest BCUT2D eigenvalue weighted by Gasteiger charge is -2.10. The van der Waals surface area contributed by atoms with E-state index in [-0.39, 0.29) is 11.6 Å². The second-order valence-electron chi connectivity index (χ2n) is 5.19. The number of carbonyl (C=O) groups excluding carboxylic acids is 1. The molecule has 0 aliphatic heterocycles. The fraction of sp³-hybridized carbons (Fsp3) is 0.0556. The molecule has 0 bridgehead atoms. The highest BCUT2D eigenvalue weighted by molar-refractivity contribution is 6.39. The van der Waals surface area contributed by atoms with Gasteiger partial charge in [-0.1, -0.05) is 35.3 Å². The van der Waals surface area contributed by atoms with E-state index in [0.717, 1.165) is 0 Å². The molecule has 0 aliphatic carbocycles. The van der Waals surface area contributed by atoms with Crippen LogP contribution in [0.5, 0.6) is 5.75 Å². The van der Waals surface area contributed by atoms with Crippen molar-refractivity contribution in [3.63, 3.8) is 0 Å². The van der Waals surface area contributed by atoms with Gasteiger partial charge in [0.2, 0.25) is 0 Å². The van der Waals surface area contributed by atoms with E-state index in [1.807, 2.05) is 0 Å². The summed E-state index contributed by atoms with van der Waals surface area (Å²) in [6.45, 7) is 0. The van der Waals surface area contributed by atoms with E-state index in [1.165, 1.54) is 12.4 Å². The number of aromatic nitrogens is 2. The van der Waals surface area contributed by atoms with Crippen LogP contribution in [0.1, 0.15) is 10.5 Å². The maximum absolute atomic E-state index is 12.3. The van der Waals surface area contributed by atoms with Gasteiger partial charge in [-0.25, -0.2) is 9.97 Å². The van der Waals surface area contributed by atoms with Gasteiger partial charge in [0.1, 0.15) is 17.3 Å². The molecule has 0 saturated heterocycles. The minimum absolute atomic E-state index is 0.170. The molecule has 1 aromatic heterocycles. The minimum atomic E-state index is -0.381. The predicted molar refractivity (Wildman–Crippen MR) is 103 cm³/mol. The van der Waals surface area contributed by atoms with Crippen LogP contribution in [0.15, 0.2) is 54.9 Å². The molecule has 3 rings (SSSR count). The van der Waals surface area contributed by atoms with Gasteiger partial charge >= 0.3 is 0 Å². The Hall–Kier alpha value is -2.83. The van der Waals surface area contributed by atoms with Gasteiger partial charge in [0.25, 0.3) is 5.91 Å². The summed E-state index contributed by atoms with van der Waals surface area (Å²) < 4.78 is 5.12. The van der Waals surface area contributed by atoms with Crippen LogP contribution < -0.4 is 15.4 Å². The molecule has 3 aromatic rings. The Morgan fingerprint density at radius 3 is 2.42 bits per heavy atom. The van der Waals surface area contributed by atoms with Crippen molar-refractivity contribution in [2.75, 3.05) is 17.7 Å². The number of nitrogens with zero attached hydrogens (tertiary/aromatic N) is 2. The van der Waals surface area contributed by atoms with Crippen molar-refractivity contribution in [1.29, 1.82) is 0 Å². The molecule has 2 aromatic carbocycles. The van der Waals surface area contributed by atoms with Crippen LogP contribution >= 0.6 is 23.2 Å². The summed E-state index contributed by atoms with van der Waals surface area (Å²) in [7, 11) is 1.56. The number of carbonyl (C=O) groups is 1. The Morgan fingerprint density at radius 2 is 1.77 bits per heavy atom. The third kappa shape index (κ3) is 4.22. The van der Waals surface area contributed by atoms with E-state index in [9.17, 15) is 4.79 Å². The lowest BCUT2D eigenvalue weighted by molar-refractivity contribution is 0.102. The topological polar surface area (TPSA) is 76.1 Å². The molecule has 6 nitrogen and oxygen atoms in total. The van der Waals surface area contributed by atoms with Crippen molar-refractivity contribution < 1.29 is 9.53 Å². The van der Waals surface area contributed by atoms with Crippen molar-refractivity contribution in [2.24, 2.45) is 0 Å². The smallest absolute Gasteiger partial charge is 0.275 e. The summed E-state index contributed by atoms with van der Waals surface area (Å²) in [4.78, 5) is 20.6. The van der Waals surface area contributed by atoms with E-state index in [2.05, 4.69) is 20.6 Å². The monoisotopic (exact) mass is 388 g/mol. The van der Waals surface area contributed by atoms with Crippen LogP contribution in [0, 0.1) is 0 Å². The zero-order chi connectivity index (χ0) is 18.5. The molecule has 1 heterocycles. The number of para-hydroxylation sites is 1. The number of benzene rings is 2. The highest BCUT2D eigenvalue weighted by Gasteiger charge is 2.11. The molecular weight excluding hydrogens is 375 g/mol. The number of nitrogens with one attached hydrogen (secondary N) is 2. The van der Waals surface area contributed by atoms with Crippen molar-refractivity contribution >= 4 is 46.3 Å². The molecule has 0 saturated carbocycles. The summed E-state index contributed by atoms with van der Waals surface area (Å²) in [6, 6.07) is 12.2. The molecule has 2 N–H and O–H groups in total. The van der Waals surface area contributed by atoms with Gasteiger partial charge in [0, 0.05) is 11.8 Å². The van der Waals surface area contributed by atoms with Crippen molar-refractivity contribution in [2.45, 2.75) is 0 Å². The minimum Gasteiger partial charge on any atom is -0.497 e. The zero-order valence-electron chi connectivity index (χ0n) is 13.7. The largest absolute Gasteiger partial charge is 0.497 e. The number of amides is 1. The normalized spacial score (nSPS) is 10.3. The summed E-state index contributed by atoms with van der Waals surface area (Å²) in [6.07, 6.45) is 2.79. The van der Waals surface area contributed by atoms with E-state index < -0.39 is 0 Å². The molecule has 0 spiro atoms. The Labute approximate surface area is 160 Å². The van der Waals surface area contributed by atoms with Gasteiger partial charge in [-0.15, -0.1) is 0 Å². The Bertz CT molecular complexity index is 912. The van der Waals surface area contributed by atoms with Crippen LogP contribution in [0.3, 0.4) is 0 Å². The van der Waals surface area contributed by atoms with E-state index >= 15 is 0 Å². The van der Waals surface area contributed by atoms with Crippen LogP contribution in [0.25, 0.3) is 0 Å². The molecular formula is C18H14Cl2N4O2. The zero-order valence-corrected chi connectivity index (χ0v) is 15.2. The lowest BCUT2D eigenvalue weighted by atomic mass is 10.3. The molecule has 0 fully saturated rings. The van der Waals surface area contributed by atoms with Gasteiger partial charge in [-0.2, -0.15) is 0 Å². The van der Waals surface area contributed by atoms with Crippen LogP contribution in [0.2, 0.25) is 10.0 Å². The molecule has 0 unspecified atom stereocenters. The fourth-order valence-electron chi connectivity index (χ4n) is 2.15. The molecule has 132 valence electrons. The molecule has 8 heteroatoms. The van der Waals surface area contributed by atoms with E-state index in [0.29, 0.717) is 33.0 Å². The quantitative estimate of drug-likeness (QED) is 0.656. The first-order chi connectivity index (χ1) is 12.6. The maximum Gasteiger partial charge on any atom is 0.275 e. The molecule has 0 atom stereocenters. The van der Waals surface area contributed by atoms with Crippen molar-refractivity contribution in [1.82, 2.24) is 9.97 Å². The first kappa shape index (κ1) is 18.0. The summed E-state index contributed by atoms with van der Waals surface area (Å²) in [5.74, 6) is 0.677. The van der Waals surface area contributed by atoms with Crippen molar-refractivity contribution in [3.8, 4) is 5.75 Å². The summed E-state index contributed by atoms with van der Waals surface area (Å²) >= 11 is 12.2. The van der Waals surface area contributed by atoms with E-state index in [1.54, 1.807) is 49.6 Å². The number of methoxy groups -OCH3 is 1. The number of anilines is 3. The Kier molecular flexibility index (Phi) is 5.55. The predicted octanol–water partition coefficient (Wildman–Crippen LogP) is 4.79. The third-order valence-electron chi connectivity index (χ3n) is 3.43. The first-order valence-corrected chi connectivity index (χ1v) is 8.31.